The molecular formula is C17H15BrN2OS. The Morgan fingerprint density at radius 3 is 2.77 bits per heavy atom. The van der Waals surface area contributed by atoms with Gasteiger partial charge < -0.3 is 0 Å². The smallest absolute Gasteiger partial charge is 0.262 e. The third kappa shape index (κ3) is 2.32. The van der Waals surface area contributed by atoms with Gasteiger partial charge in [0.1, 0.15) is 10.7 Å². The number of aromatic nitrogens is 2. The maximum atomic E-state index is 13.0. The highest BCUT2D eigenvalue weighted by atomic mass is 79.9. The number of hydrogen-bond donors (Lipinski definition) is 0. The number of rotatable bonds is 1. The van der Waals surface area contributed by atoms with Crippen LogP contribution in [0.25, 0.3) is 21.3 Å². The second-order valence-electron chi connectivity index (χ2n) is 5.63. The largest absolute Gasteiger partial charge is 0.296 e. The van der Waals surface area contributed by atoms with Crippen LogP contribution in [0.15, 0.2) is 38.9 Å². The fraction of sp³-hybridized carbons (Fsp3) is 0.294. The lowest BCUT2D eigenvalue weighted by Gasteiger charge is -2.09. The minimum Gasteiger partial charge on any atom is -0.296 e. The molecule has 0 radical (unpaired) electrons. The predicted octanol–water partition coefficient (Wildman–Crippen LogP) is 4.61. The Kier molecular flexibility index (Phi) is 3.62. The number of aryl methyl sites for hydroxylation is 1. The summed E-state index contributed by atoms with van der Waals surface area (Å²) in [6.07, 6.45) is 4.29. The van der Waals surface area contributed by atoms with Gasteiger partial charge in [0.15, 0.2) is 0 Å². The van der Waals surface area contributed by atoms with Gasteiger partial charge >= 0.3 is 0 Å². The summed E-state index contributed by atoms with van der Waals surface area (Å²) >= 11 is 5.03. The first kappa shape index (κ1) is 14.2. The Bertz CT molecular complexity index is 895. The molecular weight excluding hydrogens is 360 g/mol. The topological polar surface area (TPSA) is 34.9 Å². The third-order valence-electron chi connectivity index (χ3n) is 4.21. The van der Waals surface area contributed by atoms with E-state index in [0.29, 0.717) is 0 Å². The zero-order valence-electron chi connectivity index (χ0n) is 12.0. The molecule has 0 bridgehead atoms. The van der Waals surface area contributed by atoms with Crippen LogP contribution in [0.5, 0.6) is 0 Å². The molecule has 1 aliphatic rings. The van der Waals surface area contributed by atoms with Crippen LogP contribution in [0.2, 0.25) is 0 Å². The second kappa shape index (κ2) is 5.63. The van der Waals surface area contributed by atoms with Gasteiger partial charge in [-0.1, -0.05) is 34.5 Å². The van der Waals surface area contributed by atoms with Crippen molar-refractivity contribution in [2.75, 3.05) is 0 Å². The van der Waals surface area contributed by atoms with Crippen LogP contribution in [0, 0.1) is 0 Å². The SMILES string of the molecule is O=c1c2c(-c3ccc(Br)cc3)csc2nc2n1CCCCC2. The van der Waals surface area contributed by atoms with Crippen molar-refractivity contribution in [3.63, 3.8) is 0 Å². The molecule has 1 aromatic carbocycles. The zero-order chi connectivity index (χ0) is 15.1. The van der Waals surface area contributed by atoms with Crippen molar-refractivity contribution in [2.24, 2.45) is 0 Å². The average molecular weight is 375 g/mol. The lowest BCUT2D eigenvalue weighted by atomic mass is 10.1. The summed E-state index contributed by atoms with van der Waals surface area (Å²) in [5, 5.41) is 2.83. The molecule has 0 N–H and O–H groups in total. The normalized spacial score (nSPS) is 14.8. The molecule has 112 valence electrons. The summed E-state index contributed by atoms with van der Waals surface area (Å²) in [5.74, 6) is 0.958. The van der Waals surface area contributed by atoms with E-state index in [1.807, 2.05) is 28.8 Å². The zero-order valence-corrected chi connectivity index (χ0v) is 14.4. The van der Waals surface area contributed by atoms with Crippen molar-refractivity contribution in [2.45, 2.75) is 32.2 Å². The molecule has 5 heteroatoms. The van der Waals surface area contributed by atoms with Crippen molar-refractivity contribution in [1.82, 2.24) is 9.55 Å². The molecule has 22 heavy (non-hydrogen) atoms. The number of nitrogens with zero attached hydrogens (tertiary/aromatic N) is 2. The van der Waals surface area contributed by atoms with E-state index in [1.165, 1.54) is 6.42 Å². The average Bonchev–Trinajstić information content (AvgIpc) is 2.79. The maximum absolute atomic E-state index is 13.0. The molecule has 3 aromatic rings. The predicted molar refractivity (Wildman–Crippen MR) is 94.6 cm³/mol. The van der Waals surface area contributed by atoms with Crippen molar-refractivity contribution in [3.8, 4) is 11.1 Å². The summed E-state index contributed by atoms with van der Waals surface area (Å²) in [4.78, 5) is 18.6. The van der Waals surface area contributed by atoms with Crippen LogP contribution >= 0.6 is 27.3 Å². The highest BCUT2D eigenvalue weighted by Crippen LogP contribution is 2.32. The maximum Gasteiger partial charge on any atom is 0.262 e. The lowest BCUT2D eigenvalue weighted by Crippen LogP contribution is -2.24. The fourth-order valence-electron chi connectivity index (χ4n) is 3.06. The molecule has 0 unspecified atom stereocenters. The van der Waals surface area contributed by atoms with Crippen LogP contribution in [0.4, 0.5) is 0 Å². The van der Waals surface area contributed by atoms with Crippen LogP contribution in [-0.2, 0) is 13.0 Å². The van der Waals surface area contributed by atoms with Gasteiger partial charge in [-0.25, -0.2) is 4.98 Å². The summed E-state index contributed by atoms with van der Waals surface area (Å²) < 4.78 is 2.93. The second-order valence-corrected chi connectivity index (χ2v) is 7.41. The van der Waals surface area contributed by atoms with Gasteiger partial charge in [-0.3, -0.25) is 9.36 Å². The molecule has 0 atom stereocenters. The Morgan fingerprint density at radius 1 is 1.14 bits per heavy atom. The first-order valence-electron chi connectivity index (χ1n) is 7.51. The van der Waals surface area contributed by atoms with E-state index < -0.39 is 0 Å². The standard InChI is InChI=1S/C17H15BrN2OS/c18-12-7-5-11(6-8-12)13-10-22-16-15(13)17(21)20-9-3-1-2-4-14(20)19-16/h5-8,10H,1-4,9H2. The number of hydrogen-bond acceptors (Lipinski definition) is 3. The quantitative estimate of drug-likeness (QED) is 0.622. The Balaban J connectivity index is 1.97. The molecule has 0 amide bonds. The van der Waals surface area contributed by atoms with Crippen molar-refractivity contribution in [3.05, 3.63) is 50.3 Å². The number of fused-ring (bicyclic) bond motifs is 2. The molecule has 0 fully saturated rings. The van der Waals surface area contributed by atoms with Gasteiger partial charge in [0.2, 0.25) is 0 Å². The number of benzene rings is 1. The minimum absolute atomic E-state index is 0.126. The molecule has 0 saturated carbocycles. The molecule has 3 nitrogen and oxygen atoms in total. The highest BCUT2D eigenvalue weighted by Gasteiger charge is 2.18. The highest BCUT2D eigenvalue weighted by molar-refractivity contribution is 9.10. The van der Waals surface area contributed by atoms with Crippen LogP contribution in [0.3, 0.4) is 0 Å². The molecule has 0 aliphatic carbocycles. The molecule has 3 heterocycles. The van der Waals surface area contributed by atoms with Crippen molar-refractivity contribution in [1.29, 1.82) is 0 Å². The summed E-state index contributed by atoms with van der Waals surface area (Å²) in [7, 11) is 0. The van der Waals surface area contributed by atoms with Gasteiger partial charge in [-0.15, -0.1) is 11.3 Å². The monoisotopic (exact) mass is 374 g/mol. The van der Waals surface area contributed by atoms with Crippen LogP contribution in [0.1, 0.15) is 25.1 Å². The van der Waals surface area contributed by atoms with E-state index in [1.54, 1.807) is 11.3 Å². The fourth-order valence-corrected chi connectivity index (χ4v) is 4.28. The van der Waals surface area contributed by atoms with E-state index in [4.69, 9.17) is 4.98 Å². The Hall–Kier alpha value is -1.46. The summed E-state index contributed by atoms with van der Waals surface area (Å²) in [6, 6.07) is 8.10. The Labute approximate surface area is 140 Å². The minimum atomic E-state index is 0.126. The van der Waals surface area contributed by atoms with E-state index in [9.17, 15) is 4.79 Å². The van der Waals surface area contributed by atoms with E-state index in [2.05, 4.69) is 21.3 Å². The molecule has 4 rings (SSSR count). The van der Waals surface area contributed by atoms with Crippen molar-refractivity contribution < 1.29 is 0 Å². The van der Waals surface area contributed by atoms with Gasteiger partial charge in [-0.2, -0.15) is 0 Å². The van der Waals surface area contributed by atoms with Gasteiger partial charge in [0, 0.05) is 28.4 Å². The van der Waals surface area contributed by atoms with E-state index >= 15 is 0 Å². The summed E-state index contributed by atoms with van der Waals surface area (Å²) in [6.45, 7) is 0.798. The number of halogens is 1. The van der Waals surface area contributed by atoms with Crippen molar-refractivity contribution >= 4 is 37.5 Å². The van der Waals surface area contributed by atoms with Crippen LogP contribution in [-0.4, -0.2) is 9.55 Å². The third-order valence-corrected chi connectivity index (χ3v) is 5.61. The Morgan fingerprint density at radius 2 is 1.95 bits per heavy atom. The molecule has 0 saturated heterocycles. The van der Waals surface area contributed by atoms with Gasteiger partial charge in [0.05, 0.1) is 5.39 Å². The van der Waals surface area contributed by atoms with Gasteiger partial charge in [0.25, 0.3) is 5.56 Å². The van der Waals surface area contributed by atoms with E-state index in [-0.39, 0.29) is 5.56 Å². The van der Waals surface area contributed by atoms with Crippen LogP contribution < -0.4 is 5.56 Å². The molecule has 1 aliphatic heterocycles. The van der Waals surface area contributed by atoms with Gasteiger partial charge in [-0.05, 0) is 30.5 Å². The van der Waals surface area contributed by atoms with E-state index in [0.717, 1.165) is 57.4 Å². The molecule has 0 spiro atoms. The molecule has 2 aromatic heterocycles. The lowest BCUT2D eigenvalue weighted by molar-refractivity contribution is 0.614. The first-order chi connectivity index (χ1) is 10.7. The summed E-state index contributed by atoms with van der Waals surface area (Å²) in [5.41, 5.74) is 2.20. The number of thiophene rings is 1. The first-order valence-corrected chi connectivity index (χ1v) is 9.18.